The third kappa shape index (κ3) is 2.57. The van der Waals surface area contributed by atoms with Gasteiger partial charge in [-0.25, -0.2) is 0 Å². The summed E-state index contributed by atoms with van der Waals surface area (Å²) in [7, 11) is 3.83. The van der Waals surface area contributed by atoms with Crippen molar-refractivity contribution in [1.82, 2.24) is 0 Å². The maximum absolute atomic E-state index is 11.8. The first-order chi connectivity index (χ1) is 8.97. The third-order valence-corrected chi connectivity index (χ3v) is 4.42. The molecule has 0 amide bonds. The van der Waals surface area contributed by atoms with Gasteiger partial charge in [0.05, 0.1) is 16.1 Å². The average Bonchev–Trinajstić information content (AvgIpc) is 2.39. The van der Waals surface area contributed by atoms with Crippen molar-refractivity contribution in [3.05, 3.63) is 28.8 Å². The molecule has 3 nitrogen and oxygen atoms in total. The van der Waals surface area contributed by atoms with Gasteiger partial charge in [0.2, 0.25) is 0 Å². The molecule has 104 valence electrons. The van der Waals surface area contributed by atoms with Crippen LogP contribution in [0.5, 0.6) is 0 Å². The molecule has 0 spiro atoms. The van der Waals surface area contributed by atoms with E-state index < -0.39 is 11.4 Å². The summed E-state index contributed by atoms with van der Waals surface area (Å²) in [5.74, 6) is -0.709. The summed E-state index contributed by atoms with van der Waals surface area (Å²) in [6.07, 6.45) is 4.52. The Labute approximate surface area is 119 Å². The van der Waals surface area contributed by atoms with Gasteiger partial charge in [0.15, 0.2) is 0 Å². The predicted molar refractivity (Wildman–Crippen MR) is 78.2 cm³/mol. The van der Waals surface area contributed by atoms with Crippen LogP contribution < -0.4 is 4.90 Å². The van der Waals surface area contributed by atoms with Crippen molar-refractivity contribution in [3.63, 3.8) is 0 Å². The molecule has 1 aromatic rings. The highest BCUT2D eigenvalue weighted by atomic mass is 35.5. The van der Waals surface area contributed by atoms with Crippen LogP contribution in [0.3, 0.4) is 0 Å². The number of aliphatic carboxylic acids is 1. The maximum Gasteiger partial charge on any atom is 0.314 e. The SMILES string of the molecule is CN(C)c1cc(C2(C(=O)O)CCCCC2)ccc1Cl. The molecule has 1 fully saturated rings. The molecule has 0 saturated heterocycles. The number of anilines is 1. The fourth-order valence-corrected chi connectivity index (χ4v) is 3.22. The molecule has 0 unspecified atom stereocenters. The number of benzene rings is 1. The van der Waals surface area contributed by atoms with E-state index in [1.165, 1.54) is 0 Å². The van der Waals surface area contributed by atoms with Gasteiger partial charge in [-0.3, -0.25) is 4.79 Å². The molecule has 1 aliphatic rings. The summed E-state index contributed by atoms with van der Waals surface area (Å²) < 4.78 is 0. The number of rotatable bonds is 3. The standard InChI is InChI=1S/C15H20ClNO2/c1-17(2)13-10-11(6-7-12(13)16)15(14(18)19)8-4-3-5-9-15/h6-7,10H,3-5,8-9H2,1-2H3,(H,18,19). The van der Waals surface area contributed by atoms with Gasteiger partial charge in [0.1, 0.15) is 0 Å². The molecule has 0 aliphatic heterocycles. The van der Waals surface area contributed by atoms with Crippen LogP contribution in [-0.4, -0.2) is 25.2 Å². The normalized spacial score (nSPS) is 18.1. The topological polar surface area (TPSA) is 40.5 Å². The highest BCUT2D eigenvalue weighted by Crippen LogP contribution is 2.41. The average molecular weight is 282 g/mol. The molecular weight excluding hydrogens is 262 g/mol. The van der Waals surface area contributed by atoms with Gasteiger partial charge in [0, 0.05) is 14.1 Å². The maximum atomic E-state index is 11.8. The van der Waals surface area contributed by atoms with Crippen molar-refractivity contribution in [2.45, 2.75) is 37.5 Å². The Balaban J connectivity index is 2.48. The van der Waals surface area contributed by atoms with Crippen molar-refractivity contribution < 1.29 is 9.90 Å². The van der Waals surface area contributed by atoms with Gasteiger partial charge in [-0.05, 0) is 30.5 Å². The lowest BCUT2D eigenvalue weighted by molar-refractivity contribution is -0.145. The third-order valence-electron chi connectivity index (χ3n) is 4.10. The second kappa shape index (κ2) is 5.41. The number of carbonyl (C=O) groups is 1. The van der Waals surface area contributed by atoms with Crippen molar-refractivity contribution in [1.29, 1.82) is 0 Å². The lowest BCUT2D eigenvalue weighted by atomic mass is 9.69. The van der Waals surface area contributed by atoms with Gasteiger partial charge >= 0.3 is 5.97 Å². The highest BCUT2D eigenvalue weighted by molar-refractivity contribution is 6.33. The zero-order valence-electron chi connectivity index (χ0n) is 11.4. The monoisotopic (exact) mass is 281 g/mol. The fourth-order valence-electron chi connectivity index (χ4n) is 2.93. The van der Waals surface area contributed by atoms with Gasteiger partial charge in [-0.15, -0.1) is 0 Å². The lowest BCUT2D eigenvalue weighted by Gasteiger charge is -2.34. The zero-order chi connectivity index (χ0) is 14.0. The number of nitrogens with zero attached hydrogens (tertiary/aromatic N) is 1. The number of hydrogen-bond donors (Lipinski definition) is 1. The van der Waals surface area contributed by atoms with Gasteiger partial charge in [-0.2, -0.15) is 0 Å². The fraction of sp³-hybridized carbons (Fsp3) is 0.533. The molecule has 0 radical (unpaired) electrons. The van der Waals surface area contributed by atoms with Crippen LogP contribution in [0.1, 0.15) is 37.7 Å². The van der Waals surface area contributed by atoms with E-state index in [-0.39, 0.29) is 0 Å². The summed E-state index contributed by atoms with van der Waals surface area (Å²) in [5, 5.41) is 10.4. The number of halogens is 1. The van der Waals surface area contributed by atoms with E-state index in [2.05, 4.69) is 0 Å². The Hall–Kier alpha value is -1.22. The van der Waals surface area contributed by atoms with Gasteiger partial charge in [0.25, 0.3) is 0 Å². The minimum Gasteiger partial charge on any atom is -0.481 e. The molecule has 19 heavy (non-hydrogen) atoms. The highest BCUT2D eigenvalue weighted by Gasteiger charge is 2.41. The molecule has 1 saturated carbocycles. The minimum atomic E-state index is -0.729. The largest absolute Gasteiger partial charge is 0.481 e. The number of hydrogen-bond acceptors (Lipinski definition) is 2. The lowest BCUT2D eigenvalue weighted by Crippen LogP contribution is -2.37. The van der Waals surface area contributed by atoms with Crippen LogP contribution in [0.4, 0.5) is 5.69 Å². The molecule has 0 atom stereocenters. The Morgan fingerprint density at radius 3 is 2.42 bits per heavy atom. The Bertz CT molecular complexity index is 479. The van der Waals surface area contributed by atoms with E-state index in [0.29, 0.717) is 5.02 Å². The molecule has 0 bridgehead atoms. The first kappa shape index (κ1) is 14.2. The van der Waals surface area contributed by atoms with Gasteiger partial charge in [-0.1, -0.05) is 36.9 Å². The Morgan fingerprint density at radius 2 is 1.89 bits per heavy atom. The van der Waals surface area contributed by atoms with Crippen LogP contribution in [0, 0.1) is 0 Å². The van der Waals surface area contributed by atoms with Crippen LogP contribution in [-0.2, 0) is 10.2 Å². The van der Waals surface area contributed by atoms with Crippen LogP contribution >= 0.6 is 11.6 Å². The van der Waals surface area contributed by atoms with Crippen molar-refractivity contribution in [2.24, 2.45) is 0 Å². The minimum absolute atomic E-state index is 0.657. The molecule has 2 rings (SSSR count). The second-order valence-corrected chi connectivity index (χ2v) is 5.92. The quantitative estimate of drug-likeness (QED) is 0.918. The molecule has 1 N–H and O–H groups in total. The summed E-state index contributed by atoms with van der Waals surface area (Å²) in [6, 6.07) is 5.61. The van der Waals surface area contributed by atoms with Crippen molar-refractivity contribution in [3.8, 4) is 0 Å². The van der Waals surface area contributed by atoms with Crippen LogP contribution in [0.15, 0.2) is 18.2 Å². The van der Waals surface area contributed by atoms with Crippen molar-refractivity contribution >= 4 is 23.3 Å². The van der Waals surface area contributed by atoms with Crippen LogP contribution in [0.25, 0.3) is 0 Å². The first-order valence-corrected chi connectivity index (χ1v) is 7.06. The van der Waals surface area contributed by atoms with E-state index in [1.54, 1.807) is 0 Å². The van der Waals surface area contributed by atoms with E-state index >= 15 is 0 Å². The van der Waals surface area contributed by atoms with E-state index in [4.69, 9.17) is 11.6 Å². The Kier molecular flexibility index (Phi) is 4.04. The molecule has 4 heteroatoms. The molecule has 0 aromatic heterocycles. The smallest absolute Gasteiger partial charge is 0.314 e. The summed E-state index contributed by atoms with van der Waals surface area (Å²) in [5.41, 5.74) is 1.03. The van der Waals surface area contributed by atoms with Gasteiger partial charge < -0.3 is 10.0 Å². The molecular formula is C15H20ClNO2. The number of carboxylic acids is 1. The summed E-state index contributed by atoms with van der Waals surface area (Å²) >= 11 is 6.17. The first-order valence-electron chi connectivity index (χ1n) is 6.68. The summed E-state index contributed by atoms with van der Waals surface area (Å²) in [4.78, 5) is 13.7. The Morgan fingerprint density at radius 1 is 1.26 bits per heavy atom. The van der Waals surface area contributed by atoms with Crippen LogP contribution in [0.2, 0.25) is 5.02 Å². The van der Waals surface area contributed by atoms with E-state index in [0.717, 1.165) is 43.4 Å². The van der Waals surface area contributed by atoms with E-state index in [1.807, 2.05) is 37.2 Å². The second-order valence-electron chi connectivity index (χ2n) is 5.51. The predicted octanol–water partition coefficient (Wildman–Crippen LogP) is 3.69. The number of carboxylic acid groups (broad SMARTS) is 1. The van der Waals surface area contributed by atoms with Crippen molar-refractivity contribution in [2.75, 3.05) is 19.0 Å². The molecule has 0 heterocycles. The summed E-state index contributed by atoms with van der Waals surface area (Å²) in [6.45, 7) is 0. The molecule has 1 aliphatic carbocycles. The zero-order valence-corrected chi connectivity index (χ0v) is 12.2. The van der Waals surface area contributed by atoms with E-state index in [9.17, 15) is 9.90 Å². The molecule has 1 aromatic carbocycles.